The normalized spacial score (nSPS) is 32.3. The Hall–Kier alpha value is -1.56. The fourth-order valence-electron chi connectivity index (χ4n) is 3.49. The second-order valence-electron chi connectivity index (χ2n) is 5.35. The molecule has 4 rings (SSSR count). The third kappa shape index (κ3) is 1.16. The fourth-order valence-corrected chi connectivity index (χ4v) is 3.49. The summed E-state index contributed by atoms with van der Waals surface area (Å²) in [6.07, 6.45) is 0.427. The van der Waals surface area contributed by atoms with Crippen molar-refractivity contribution in [1.82, 2.24) is 15.5 Å². The summed E-state index contributed by atoms with van der Waals surface area (Å²) in [5.41, 5.74) is -0.764. The summed E-state index contributed by atoms with van der Waals surface area (Å²) in [5.74, 6) is -3.90. The van der Waals surface area contributed by atoms with Gasteiger partial charge in [0.15, 0.2) is 0 Å². The van der Waals surface area contributed by atoms with E-state index < -0.39 is 23.1 Å². The molecule has 0 bridgehead atoms. The number of benzene rings is 1. The van der Waals surface area contributed by atoms with E-state index in [1.807, 2.05) is 0 Å². The average Bonchev–Trinajstić information content (AvgIpc) is 2.75. The number of aromatic nitrogens is 2. The molecule has 2 aromatic rings. The van der Waals surface area contributed by atoms with E-state index in [-0.39, 0.29) is 12.1 Å². The number of nitrogens with one attached hydrogen (secondary N) is 2. The van der Waals surface area contributed by atoms with E-state index in [9.17, 15) is 13.2 Å². The summed E-state index contributed by atoms with van der Waals surface area (Å²) in [5, 5.41) is 10.0. The standard InChI is InChI=1S/C13H12F3N3/c14-8-3-1-2-7-10(8)18-19-11(7)12-6-17-5-4-9(12)13(12,15)16/h1-3,9,17H,4-6H2,(H,18,19)/t9-,12?/m0/s1. The third-order valence-corrected chi connectivity index (χ3v) is 4.53. The predicted octanol–water partition coefficient (Wildman–Crippen LogP) is 2.20. The lowest BCUT2D eigenvalue weighted by Gasteiger charge is -2.19. The first-order valence-corrected chi connectivity index (χ1v) is 6.30. The SMILES string of the molecule is Fc1cccc2c(C34CNCC[C@@H]3C4(F)F)n[nH]c12. The van der Waals surface area contributed by atoms with Crippen LogP contribution in [-0.2, 0) is 5.41 Å². The number of aromatic amines is 1. The Labute approximate surface area is 107 Å². The Bertz CT molecular complexity index is 666. The highest BCUT2D eigenvalue weighted by Gasteiger charge is 2.82. The minimum atomic E-state index is -2.76. The lowest BCUT2D eigenvalue weighted by Crippen LogP contribution is -2.36. The Kier molecular flexibility index (Phi) is 1.96. The van der Waals surface area contributed by atoms with E-state index in [0.717, 1.165) is 0 Å². The topological polar surface area (TPSA) is 40.7 Å². The van der Waals surface area contributed by atoms with Crippen molar-refractivity contribution in [3.8, 4) is 0 Å². The molecule has 2 atom stereocenters. The van der Waals surface area contributed by atoms with Crippen molar-refractivity contribution in [2.75, 3.05) is 13.1 Å². The molecule has 0 spiro atoms. The molecular formula is C13H12F3N3. The molecule has 19 heavy (non-hydrogen) atoms. The highest BCUT2D eigenvalue weighted by Crippen LogP contribution is 2.69. The number of para-hydroxylation sites is 1. The first-order chi connectivity index (χ1) is 9.09. The molecule has 1 saturated heterocycles. The Morgan fingerprint density at radius 2 is 2.16 bits per heavy atom. The van der Waals surface area contributed by atoms with E-state index in [4.69, 9.17) is 0 Å². The first kappa shape index (κ1) is 11.3. The number of nitrogens with zero attached hydrogens (tertiary/aromatic N) is 1. The van der Waals surface area contributed by atoms with Crippen LogP contribution >= 0.6 is 0 Å². The van der Waals surface area contributed by atoms with Crippen LogP contribution in [0.5, 0.6) is 0 Å². The molecule has 2 N–H and O–H groups in total. The van der Waals surface area contributed by atoms with Gasteiger partial charge in [0.2, 0.25) is 0 Å². The number of fused-ring (bicyclic) bond motifs is 2. The number of hydrogen-bond donors (Lipinski definition) is 2. The first-order valence-electron chi connectivity index (χ1n) is 6.30. The molecule has 0 amide bonds. The highest BCUT2D eigenvalue weighted by molar-refractivity contribution is 5.84. The molecule has 2 aliphatic rings. The summed E-state index contributed by atoms with van der Waals surface area (Å²) in [4.78, 5) is 0. The maximum Gasteiger partial charge on any atom is 0.264 e. The van der Waals surface area contributed by atoms with E-state index in [0.29, 0.717) is 24.0 Å². The quantitative estimate of drug-likeness (QED) is 0.831. The molecule has 2 heterocycles. The minimum Gasteiger partial charge on any atom is -0.316 e. The van der Waals surface area contributed by atoms with Gasteiger partial charge in [0, 0.05) is 17.8 Å². The van der Waals surface area contributed by atoms with Gasteiger partial charge in [0.1, 0.15) is 11.3 Å². The lowest BCUT2D eigenvalue weighted by atomic mass is 9.92. The largest absolute Gasteiger partial charge is 0.316 e. The number of alkyl halides is 2. The van der Waals surface area contributed by atoms with Gasteiger partial charge in [-0.2, -0.15) is 5.10 Å². The smallest absolute Gasteiger partial charge is 0.264 e. The molecule has 100 valence electrons. The molecule has 1 aromatic heterocycles. The number of piperidine rings is 1. The fraction of sp³-hybridized carbons (Fsp3) is 0.462. The van der Waals surface area contributed by atoms with Crippen molar-refractivity contribution in [3.63, 3.8) is 0 Å². The van der Waals surface area contributed by atoms with E-state index in [1.165, 1.54) is 12.1 Å². The second-order valence-corrected chi connectivity index (χ2v) is 5.35. The van der Waals surface area contributed by atoms with E-state index >= 15 is 0 Å². The number of rotatable bonds is 1. The van der Waals surface area contributed by atoms with Crippen molar-refractivity contribution < 1.29 is 13.2 Å². The van der Waals surface area contributed by atoms with Crippen LogP contribution in [-0.4, -0.2) is 29.2 Å². The van der Waals surface area contributed by atoms with Gasteiger partial charge in [-0.15, -0.1) is 0 Å². The van der Waals surface area contributed by atoms with Crippen molar-refractivity contribution in [2.45, 2.75) is 17.8 Å². The number of hydrogen-bond acceptors (Lipinski definition) is 2. The van der Waals surface area contributed by atoms with Gasteiger partial charge in [0.25, 0.3) is 5.92 Å². The van der Waals surface area contributed by atoms with Crippen LogP contribution in [0.2, 0.25) is 0 Å². The lowest BCUT2D eigenvalue weighted by molar-refractivity contribution is 0.0782. The van der Waals surface area contributed by atoms with Crippen LogP contribution in [0.25, 0.3) is 10.9 Å². The number of H-pyrrole nitrogens is 1. The van der Waals surface area contributed by atoms with E-state index in [1.54, 1.807) is 6.07 Å². The van der Waals surface area contributed by atoms with Gasteiger partial charge in [-0.3, -0.25) is 5.10 Å². The zero-order valence-electron chi connectivity index (χ0n) is 10.0. The van der Waals surface area contributed by atoms with Crippen LogP contribution < -0.4 is 5.32 Å². The van der Waals surface area contributed by atoms with Crippen molar-refractivity contribution in [3.05, 3.63) is 29.7 Å². The molecule has 1 saturated carbocycles. The molecule has 6 heteroatoms. The maximum atomic E-state index is 14.2. The Balaban J connectivity index is 1.94. The van der Waals surface area contributed by atoms with Crippen molar-refractivity contribution in [1.29, 1.82) is 0 Å². The van der Waals surface area contributed by atoms with Gasteiger partial charge in [-0.25, -0.2) is 13.2 Å². The van der Waals surface area contributed by atoms with E-state index in [2.05, 4.69) is 15.5 Å². The summed E-state index contributed by atoms with van der Waals surface area (Å²) in [6.45, 7) is 0.792. The van der Waals surface area contributed by atoms with Crippen LogP contribution in [0.4, 0.5) is 13.2 Å². The molecule has 2 fully saturated rings. The second kappa shape index (κ2) is 3.30. The predicted molar refractivity (Wildman–Crippen MR) is 63.7 cm³/mol. The number of halogens is 3. The molecule has 1 unspecified atom stereocenters. The third-order valence-electron chi connectivity index (χ3n) is 4.53. The van der Waals surface area contributed by atoms with Gasteiger partial charge in [-0.05, 0) is 19.0 Å². The van der Waals surface area contributed by atoms with Gasteiger partial charge in [0.05, 0.1) is 11.1 Å². The average molecular weight is 267 g/mol. The van der Waals surface area contributed by atoms with Crippen LogP contribution in [0.1, 0.15) is 12.1 Å². The van der Waals surface area contributed by atoms with Gasteiger partial charge < -0.3 is 5.32 Å². The van der Waals surface area contributed by atoms with Crippen LogP contribution in [0, 0.1) is 11.7 Å². The van der Waals surface area contributed by atoms with Gasteiger partial charge in [-0.1, -0.05) is 12.1 Å². The van der Waals surface area contributed by atoms with Crippen molar-refractivity contribution >= 4 is 10.9 Å². The van der Waals surface area contributed by atoms with Gasteiger partial charge >= 0.3 is 0 Å². The summed E-state index contributed by atoms with van der Waals surface area (Å²) < 4.78 is 41.9. The molecule has 1 aromatic carbocycles. The molecule has 1 aliphatic carbocycles. The molecule has 1 aliphatic heterocycles. The summed E-state index contributed by atoms with van der Waals surface area (Å²) in [7, 11) is 0. The Morgan fingerprint density at radius 1 is 1.32 bits per heavy atom. The minimum absolute atomic E-state index is 0.196. The monoisotopic (exact) mass is 267 g/mol. The maximum absolute atomic E-state index is 14.2. The summed E-state index contributed by atoms with van der Waals surface area (Å²) in [6, 6.07) is 4.47. The highest BCUT2D eigenvalue weighted by atomic mass is 19.3. The zero-order valence-corrected chi connectivity index (χ0v) is 10.0. The molecule has 3 nitrogen and oxygen atoms in total. The Morgan fingerprint density at radius 3 is 2.95 bits per heavy atom. The summed E-state index contributed by atoms with van der Waals surface area (Å²) >= 11 is 0. The van der Waals surface area contributed by atoms with Crippen LogP contribution in [0.3, 0.4) is 0 Å². The molecule has 0 radical (unpaired) electrons. The van der Waals surface area contributed by atoms with Crippen molar-refractivity contribution in [2.24, 2.45) is 5.92 Å². The van der Waals surface area contributed by atoms with Crippen LogP contribution in [0.15, 0.2) is 18.2 Å². The zero-order chi connectivity index (χ0) is 13.3. The molecular weight excluding hydrogens is 255 g/mol.